The van der Waals surface area contributed by atoms with Crippen molar-refractivity contribution in [1.29, 1.82) is 0 Å². The molecule has 2 fully saturated rings. The maximum atomic E-state index is 14.6. The summed E-state index contributed by atoms with van der Waals surface area (Å²) >= 11 is 0. The lowest BCUT2D eigenvalue weighted by Crippen LogP contribution is -2.41. The first kappa shape index (κ1) is 18.8. The lowest BCUT2D eigenvalue weighted by atomic mass is 9.78. The number of hydrogen-bond acceptors (Lipinski definition) is 5. The van der Waals surface area contributed by atoms with E-state index in [4.69, 9.17) is 9.31 Å². The molecule has 1 aromatic rings. The van der Waals surface area contributed by atoms with Gasteiger partial charge in [-0.15, -0.1) is 0 Å². The average molecular weight is 369 g/mol. The monoisotopic (exact) mass is 369 g/mol. The van der Waals surface area contributed by atoms with Gasteiger partial charge in [-0.25, -0.2) is 12.8 Å². The van der Waals surface area contributed by atoms with Gasteiger partial charge in [0.15, 0.2) is 9.84 Å². The van der Waals surface area contributed by atoms with Gasteiger partial charge >= 0.3 is 7.12 Å². The molecule has 2 aliphatic heterocycles. The van der Waals surface area contributed by atoms with Crippen molar-refractivity contribution in [2.24, 2.45) is 0 Å². The summed E-state index contributed by atoms with van der Waals surface area (Å²) in [4.78, 5) is 2.03. The molecular formula is C17H25BFNO4S. The molecule has 0 bridgehead atoms. The van der Waals surface area contributed by atoms with Crippen molar-refractivity contribution in [1.82, 2.24) is 4.90 Å². The minimum absolute atomic E-state index is 0.168. The fourth-order valence-corrected chi connectivity index (χ4v) is 4.27. The van der Waals surface area contributed by atoms with Crippen molar-refractivity contribution in [2.45, 2.75) is 45.4 Å². The molecule has 8 heteroatoms. The Hall–Kier alpha value is -0.955. The fraction of sp³-hybridized carbons (Fsp3) is 0.647. The molecule has 0 aliphatic carbocycles. The fourth-order valence-electron chi connectivity index (χ4n) is 3.00. The summed E-state index contributed by atoms with van der Waals surface area (Å²) in [5.41, 5.74) is 0.185. The average Bonchev–Trinajstić information content (AvgIpc) is 2.69. The number of hydrogen-bond donors (Lipinski definition) is 0. The molecule has 2 aliphatic rings. The molecule has 0 saturated carbocycles. The second-order valence-electron chi connectivity index (χ2n) is 7.87. The van der Waals surface area contributed by atoms with Crippen LogP contribution in [0.1, 0.15) is 33.3 Å². The largest absolute Gasteiger partial charge is 0.497 e. The summed E-state index contributed by atoms with van der Waals surface area (Å²) in [6.45, 7) is 9.25. The first-order valence-electron chi connectivity index (χ1n) is 8.56. The molecule has 0 spiro atoms. The van der Waals surface area contributed by atoms with Gasteiger partial charge in [0.25, 0.3) is 0 Å². The van der Waals surface area contributed by atoms with Crippen LogP contribution in [0.4, 0.5) is 4.39 Å². The summed E-state index contributed by atoms with van der Waals surface area (Å²) in [7, 11) is -3.63. The Labute approximate surface area is 149 Å². The smallest absolute Gasteiger partial charge is 0.399 e. The third kappa shape index (κ3) is 3.92. The third-order valence-corrected chi connectivity index (χ3v) is 7.02. The van der Waals surface area contributed by atoms with Crippen LogP contribution >= 0.6 is 0 Å². The Balaban J connectivity index is 1.70. The van der Waals surface area contributed by atoms with Gasteiger partial charge in [-0.3, -0.25) is 4.90 Å². The van der Waals surface area contributed by atoms with Crippen LogP contribution in [-0.2, 0) is 25.7 Å². The van der Waals surface area contributed by atoms with Gasteiger partial charge in [-0.1, -0.05) is 12.1 Å². The predicted octanol–water partition coefficient (Wildman–Crippen LogP) is 1.36. The number of sulfone groups is 1. The van der Waals surface area contributed by atoms with E-state index in [1.165, 1.54) is 6.07 Å². The van der Waals surface area contributed by atoms with E-state index in [0.29, 0.717) is 25.1 Å². The summed E-state index contributed by atoms with van der Waals surface area (Å²) in [6, 6.07) is 5.05. The van der Waals surface area contributed by atoms with E-state index in [1.807, 2.05) is 38.7 Å². The van der Waals surface area contributed by atoms with Crippen LogP contribution in [0.5, 0.6) is 0 Å². The molecule has 0 amide bonds. The molecule has 25 heavy (non-hydrogen) atoms. The zero-order chi connectivity index (χ0) is 18.5. The number of nitrogens with zero attached hydrogens (tertiary/aromatic N) is 1. The van der Waals surface area contributed by atoms with Crippen LogP contribution in [0.2, 0.25) is 0 Å². The molecule has 0 atom stereocenters. The van der Waals surface area contributed by atoms with Crippen molar-refractivity contribution >= 4 is 22.4 Å². The maximum Gasteiger partial charge on any atom is 0.497 e. The molecule has 0 N–H and O–H groups in total. The van der Waals surface area contributed by atoms with E-state index in [0.717, 1.165) is 5.56 Å². The molecule has 0 radical (unpaired) electrons. The van der Waals surface area contributed by atoms with Gasteiger partial charge < -0.3 is 9.31 Å². The van der Waals surface area contributed by atoms with E-state index in [1.54, 1.807) is 6.07 Å². The summed E-state index contributed by atoms with van der Waals surface area (Å²) < 4.78 is 49.4. The Kier molecular flexibility index (Phi) is 4.77. The minimum atomic E-state index is -2.90. The lowest BCUT2D eigenvalue weighted by Gasteiger charge is -2.32. The molecule has 2 heterocycles. The minimum Gasteiger partial charge on any atom is -0.399 e. The number of rotatable bonds is 3. The van der Waals surface area contributed by atoms with Crippen LogP contribution in [0.25, 0.3) is 0 Å². The van der Waals surface area contributed by atoms with Gasteiger partial charge in [0.05, 0.1) is 22.7 Å². The Morgan fingerprint density at radius 1 is 1.12 bits per heavy atom. The van der Waals surface area contributed by atoms with E-state index in [2.05, 4.69) is 0 Å². The van der Waals surface area contributed by atoms with Crippen LogP contribution < -0.4 is 5.46 Å². The Morgan fingerprint density at radius 2 is 1.68 bits per heavy atom. The summed E-state index contributed by atoms with van der Waals surface area (Å²) in [6.07, 6.45) is 0. The highest BCUT2D eigenvalue weighted by Crippen LogP contribution is 2.36. The topological polar surface area (TPSA) is 55.8 Å². The Morgan fingerprint density at radius 3 is 2.20 bits per heavy atom. The molecule has 3 rings (SSSR count). The van der Waals surface area contributed by atoms with Crippen LogP contribution in [-0.4, -0.2) is 56.2 Å². The van der Waals surface area contributed by atoms with E-state index in [9.17, 15) is 12.8 Å². The van der Waals surface area contributed by atoms with Crippen LogP contribution in [0.3, 0.4) is 0 Å². The lowest BCUT2D eigenvalue weighted by molar-refractivity contribution is 0.00578. The summed E-state index contributed by atoms with van der Waals surface area (Å²) in [5, 5.41) is 0. The highest BCUT2D eigenvalue weighted by molar-refractivity contribution is 7.91. The zero-order valence-corrected chi connectivity index (χ0v) is 16.0. The standard InChI is InChI=1S/C17H25BFNO4S/c1-16(2)17(3,4)24-18(23-16)14-6-5-13(11-15(14)19)12-20-7-9-25(21,22)10-8-20/h5-6,11H,7-10,12H2,1-4H3. The van der Waals surface area contributed by atoms with Crippen molar-refractivity contribution in [2.75, 3.05) is 24.6 Å². The van der Waals surface area contributed by atoms with E-state index < -0.39 is 28.2 Å². The van der Waals surface area contributed by atoms with Gasteiger partial charge in [0, 0.05) is 25.1 Å². The van der Waals surface area contributed by atoms with Crippen molar-refractivity contribution in [3.63, 3.8) is 0 Å². The second kappa shape index (κ2) is 6.34. The van der Waals surface area contributed by atoms with Crippen molar-refractivity contribution in [3.8, 4) is 0 Å². The van der Waals surface area contributed by atoms with Gasteiger partial charge in [0.1, 0.15) is 5.82 Å². The molecule has 0 aromatic heterocycles. The van der Waals surface area contributed by atoms with Gasteiger partial charge in [-0.2, -0.15) is 0 Å². The normalized spacial score (nSPS) is 25.2. The second-order valence-corrected chi connectivity index (χ2v) is 10.2. The highest BCUT2D eigenvalue weighted by atomic mass is 32.2. The first-order valence-corrected chi connectivity index (χ1v) is 10.4. The highest BCUT2D eigenvalue weighted by Gasteiger charge is 2.52. The quantitative estimate of drug-likeness (QED) is 0.753. The van der Waals surface area contributed by atoms with Crippen LogP contribution in [0, 0.1) is 5.82 Å². The Bertz CT molecular complexity index is 736. The van der Waals surface area contributed by atoms with E-state index >= 15 is 0 Å². The molecular weight excluding hydrogens is 344 g/mol. The number of benzene rings is 1. The molecule has 1 aromatic carbocycles. The maximum absolute atomic E-state index is 14.6. The third-order valence-electron chi connectivity index (χ3n) is 5.42. The zero-order valence-electron chi connectivity index (χ0n) is 15.2. The van der Waals surface area contributed by atoms with Crippen molar-refractivity contribution < 1.29 is 22.1 Å². The molecule has 5 nitrogen and oxygen atoms in total. The molecule has 0 unspecified atom stereocenters. The summed E-state index contributed by atoms with van der Waals surface area (Å²) in [5.74, 6) is -0.0242. The van der Waals surface area contributed by atoms with Gasteiger partial charge in [0.2, 0.25) is 0 Å². The molecule has 2 saturated heterocycles. The number of halogens is 1. The first-order chi connectivity index (χ1) is 11.5. The SMILES string of the molecule is CC1(C)OB(c2ccc(CN3CCS(=O)(=O)CC3)cc2F)OC1(C)C. The molecule has 138 valence electrons. The van der Waals surface area contributed by atoms with Crippen molar-refractivity contribution in [3.05, 3.63) is 29.6 Å². The van der Waals surface area contributed by atoms with Gasteiger partial charge in [-0.05, 0) is 39.3 Å². The van der Waals surface area contributed by atoms with E-state index in [-0.39, 0.29) is 17.3 Å². The van der Waals surface area contributed by atoms with Crippen LogP contribution in [0.15, 0.2) is 18.2 Å². The predicted molar refractivity (Wildman–Crippen MR) is 96.0 cm³/mol.